The highest BCUT2D eigenvalue weighted by molar-refractivity contribution is 7.89. The summed E-state index contributed by atoms with van der Waals surface area (Å²) in [4.78, 5) is 14.1. The Morgan fingerprint density at radius 1 is 1.27 bits per heavy atom. The number of hydrogen-bond donors (Lipinski definition) is 2. The van der Waals surface area contributed by atoms with E-state index in [0.717, 1.165) is 19.4 Å². The summed E-state index contributed by atoms with van der Waals surface area (Å²) >= 11 is 0. The number of rotatable bonds is 8. The average molecular weight is 385 g/mol. The Morgan fingerprint density at radius 2 is 2.00 bits per heavy atom. The minimum absolute atomic E-state index is 0.0417. The van der Waals surface area contributed by atoms with E-state index in [9.17, 15) is 13.2 Å². The zero-order valence-corrected chi connectivity index (χ0v) is 16.3. The SMILES string of the molecule is CNC1CCCN(C(=O)CCNS(=O)(=O)c2ccc(OC)c(OC)c2)C1. The average Bonchev–Trinajstić information content (AvgIpc) is 2.67. The van der Waals surface area contributed by atoms with Gasteiger partial charge in [-0.1, -0.05) is 0 Å². The van der Waals surface area contributed by atoms with Crippen LogP contribution in [0.15, 0.2) is 23.1 Å². The van der Waals surface area contributed by atoms with Crippen LogP contribution in [-0.2, 0) is 14.8 Å². The molecule has 0 saturated carbocycles. The number of likely N-dealkylation sites (tertiary alicyclic amines) is 1. The number of nitrogens with one attached hydrogen (secondary N) is 2. The Hall–Kier alpha value is -1.84. The largest absolute Gasteiger partial charge is 0.493 e. The molecule has 1 amide bonds. The molecule has 1 aromatic carbocycles. The van der Waals surface area contributed by atoms with Crippen LogP contribution >= 0.6 is 0 Å². The van der Waals surface area contributed by atoms with E-state index in [2.05, 4.69) is 10.0 Å². The van der Waals surface area contributed by atoms with Crippen LogP contribution in [0, 0.1) is 0 Å². The minimum atomic E-state index is -3.73. The summed E-state index contributed by atoms with van der Waals surface area (Å²) in [7, 11) is 1.08. The van der Waals surface area contributed by atoms with Crippen molar-refractivity contribution < 1.29 is 22.7 Å². The number of methoxy groups -OCH3 is 2. The van der Waals surface area contributed by atoms with Crippen LogP contribution in [0.5, 0.6) is 11.5 Å². The number of carbonyl (C=O) groups is 1. The second-order valence-electron chi connectivity index (χ2n) is 6.13. The van der Waals surface area contributed by atoms with E-state index in [1.54, 1.807) is 4.90 Å². The Labute approximate surface area is 154 Å². The molecule has 2 N–H and O–H groups in total. The highest BCUT2D eigenvalue weighted by atomic mass is 32.2. The third-order valence-electron chi connectivity index (χ3n) is 4.48. The molecule has 0 radical (unpaired) electrons. The third kappa shape index (κ3) is 5.09. The van der Waals surface area contributed by atoms with Crippen molar-refractivity contribution in [2.24, 2.45) is 0 Å². The number of nitrogens with zero attached hydrogens (tertiary/aromatic N) is 1. The van der Waals surface area contributed by atoms with Gasteiger partial charge in [-0.3, -0.25) is 4.79 Å². The fourth-order valence-electron chi connectivity index (χ4n) is 2.96. The number of piperidine rings is 1. The highest BCUT2D eigenvalue weighted by Crippen LogP contribution is 2.29. The Bertz CT molecular complexity index is 723. The molecule has 0 spiro atoms. The topological polar surface area (TPSA) is 97.0 Å². The minimum Gasteiger partial charge on any atom is -0.493 e. The van der Waals surface area contributed by atoms with Crippen molar-refractivity contribution >= 4 is 15.9 Å². The van der Waals surface area contributed by atoms with Gasteiger partial charge in [0.1, 0.15) is 0 Å². The zero-order valence-electron chi connectivity index (χ0n) is 15.4. The lowest BCUT2D eigenvalue weighted by molar-refractivity contribution is -0.132. The standard InChI is InChI=1S/C17H27N3O5S/c1-18-13-5-4-10-20(12-13)17(21)8-9-19-26(22,23)14-6-7-15(24-2)16(11-14)25-3/h6-7,11,13,18-19H,4-5,8-10,12H2,1-3H3. The molecule has 2 rings (SSSR count). The van der Waals surface area contributed by atoms with E-state index in [0.29, 0.717) is 24.1 Å². The monoisotopic (exact) mass is 385 g/mol. The van der Waals surface area contributed by atoms with Crippen LogP contribution in [0.3, 0.4) is 0 Å². The molecule has 0 aliphatic carbocycles. The van der Waals surface area contributed by atoms with E-state index >= 15 is 0 Å². The van der Waals surface area contributed by atoms with Crippen molar-refractivity contribution in [2.75, 3.05) is 40.9 Å². The predicted octanol–water partition coefficient (Wildman–Crippen LogP) is 0.583. The van der Waals surface area contributed by atoms with Crippen LogP contribution in [0.4, 0.5) is 0 Å². The van der Waals surface area contributed by atoms with E-state index in [1.807, 2.05) is 7.05 Å². The van der Waals surface area contributed by atoms with E-state index in [4.69, 9.17) is 9.47 Å². The molecule has 1 aliphatic rings. The van der Waals surface area contributed by atoms with Gasteiger partial charge in [0.25, 0.3) is 0 Å². The first-order valence-corrected chi connectivity index (χ1v) is 10.1. The zero-order chi connectivity index (χ0) is 19.2. The van der Waals surface area contributed by atoms with Crippen molar-refractivity contribution in [3.05, 3.63) is 18.2 Å². The van der Waals surface area contributed by atoms with Gasteiger partial charge in [-0.15, -0.1) is 0 Å². The molecule has 8 nitrogen and oxygen atoms in total. The fourth-order valence-corrected chi connectivity index (χ4v) is 4.00. The van der Waals surface area contributed by atoms with Crippen LogP contribution < -0.4 is 19.5 Å². The van der Waals surface area contributed by atoms with E-state index in [-0.39, 0.29) is 23.8 Å². The van der Waals surface area contributed by atoms with Gasteiger partial charge in [-0.05, 0) is 32.0 Å². The van der Waals surface area contributed by atoms with Crippen molar-refractivity contribution in [2.45, 2.75) is 30.2 Å². The quantitative estimate of drug-likeness (QED) is 0.680. The Morgan fingerprint density at radius 3 is 2.65 bits per heavy atom. The van der Waals surface area contributed by atoms with Crippen LogP contribution in [0.25, 0.3) is 0 Å². The maximum Gasteiger partial charge on any atom is 0.240 e. The first-order chi connectivity index (χ1) is 12.4. The van der Waals surface area contributed by atoms with E-state index < -0.39 is 10.0 Å². The van der Waals surface area contributed by atoms with Crippen molar-refractivity contribution in [3.8, 4) is 11.5 Å². The summed E-state index contributed by atoms with van der Waals surface area (Å²) in [6.45, 7) is 1.44. The maximum atomic E-state index is 12.4. The molecule has 1 heterocycles. The first kappa shape index (κ1) is 20.5. The molecule has 0 bridgehead atoms. The maximum absolute atomic E-state index is 12.4. The molecular weight excluding hydrogens is 358 g/mol. The molecule has 0 aromatic heterocycles. The second-order valence-corrected chi connectivity index (χ2v) is 7.90. The van der Waals surface area contributed by atoms with Gasteiger partial charge in [0.05, 0.1) is 19.1 Å². The first-order valence-electron chi connectivity index (χ1n) is 8.58. The number of ether oxygens (including phenoxy) is 2. The molecule has 1 saturated heterocycles. The van der Waals surface area contributed by atoms with Crippen LogP contribution in [0.2, 0.25) is 0 Å². The number of carbonyl (C=O) groups excluding carboxylic acids is 1. The summed E-state index contributed by atoms with van der Waals surface area (Å²) in [5.74, 6) is 0.739. The van der Waals surface area contributed by atoms with E-state index in [1.165, 1.54) is 32.4 Å². The molecule has 1 atom stereocenters. The summed E-state index contributed by atoms with van der Waals surface area (Å²) in [6, 6.07) is 4.67. The smallest absolute Gasteiger partial charge is 0.240 e. The number of sulfonamides is 1. The Balaban J connectivity index is 1.93. The van der Waals surface area contributed by atoms with Gasteiger partial charge in [-0.2, -0.15) is 0 Å². The number of likely N-dealkylation sites (N-methyl/N-ethyl adjacent to an activating group) is 1. The molecule has 26 heavy (non-hydrogen) atoms. The van der Waals surface area contributed by atoms with Gasteiger partial charge in [-0.25, -0.2) is 13.1 Å². The summed E-state index contributed by atoms with van der Waals surface area (Å²) in [6.07, 6.45) is 2.13. The number of hydrogen-bond acceptors (Lipinski definition) is 6. The van der Waals surface area contributed by atoms with Gasteiger partial charge in [0.2, 0.25) is 15.9 Å². The summed E-state index contributed by atoms with van der Waals surface area (Å²) in [5.41, 5.74) is 0. The molecule has 1 aliphatic heterocycles. The summed E-state index contributed by atoms with van der Waals surface area (Å²) in [5, 5.41) is 3.18. The van der Waals surface area contributed by atoms with Crippen molar-refractivity contribution in [1.82, 2.24) is 14.9 Å². The number of amides is 1. The third-order valence-corrected chi connectivity index (χ3v) is 5.94. The lowest BCUT2D eigenvalue weighted by Crippen LogP contribution is -2.47. The molecular formula is C17H27N3O5S. The second kappa shape index (κ2) is 9.20. The van der Waals surface area contributed by atoms with Crippen molar-refractivity contribution in [3.63, 3.8) is 0 Å². The van der Waals surface area contributed by atoms with Crippen LogP contribution in [-0.4, -0.2) is 66.2 Å². The molecule has 146 valence electrons. The molecule has 1 unspecified atom stereocenters. The van der Waals surface area contributed by atoms with Crippen molar-refractivity contribution in [1.29, 1.82) is 0 Å². The van der Waals surface area contributed by atoms with Gasteiger partial charge < -0.3 is 19.7 Å². The normalized spacial score (nSPS) is 17.8. The van der Waals surface area contributed by atoms with Gasteiger partial charge in [0, 0.05) is 38.2 Å². The van der Waals surface area contributed by atoms with Crippen LogP contribution in [0.1, 0.15) is 19.3 Å². The Kier molecular flexibility index (Phi) is 7.24. The fraction of sp³-hybridized carbons (Fsp3) is 0.588. The lowest BCUT2D eigenvalue weighted by Gasteiger charge is -2.32. The molecule has 1 aromatic rings. The van der Waals surface area contributed by atoms with Gasteiger partial charge >= 0.3 is 0 Å². The molecule has 1 fully saturated rings. The number of benzene rings is 1. The predicted molar refractivity (Wildman–Crippen MR) is 98.0 cm³/mol. The summed E-state index contributed by atoms with van der Waals surface area (Å²) < 4.78 is 37.5. The molecule has 9 heteroatoms. The highest BCUT2D eigenvalue weighted by Gasteiger charge is 2.23. The lowest BCUT2D eigenvalue weighted by atomic mass is 10.1. The van der Waals surface area contributed by atoms with Gasteiger partial charge in [0.15, 0.2) is 11.5 Å².